The van der Waals surface area contributed by atoms with Gasteiger partial charge in [-0.2, -0.15) is 0 Å². The van der Waals surface area contributed by atoms with Crippen molar-refractivity contribution >= 4 is 15.9 Å². The highest BCUT2D eigenvalue weighted by Crippen LogP contribution is 2.23. The van der Waals surface area contributed by atoms with E-state index >= 15 is 0 Å². The Morgan fingerprint density at radius 3 is 2.71 bits per heavy atom. The third kappa shape index (κ3) is 4.66. The Balaban J connectivity index is 2.71. The SMILES string of the molecule is COc1ccc(Br)cc1CNC(C)(C)CCO. The molecule has 1 aromatic carbocycles. The Hall–Kier alpha value is -0.580. The Morgan fingerprint density at radius 1 is 1.41 bits per heavy atom. The normalized spacial score (nSPS) is 11.6. The number of rotatable bonds is 6. The van der Waals surface area contributed by atoms with Gasteiger partial charge >= 0.3 is 0 Å². The van der Waals surface area contributed by atoms with Crippen molar-refractivity contribution < 1.29 is 9.84 Å². The fraction of sp³-hybridized carbons (Fsp3) is 0.538. The van der Waals surface area contributed by atoms with Crippen LogP contribution in [0.2, 0.25) is 0 Å². The zero-order chi connectivity index (χ0) is 12.9. The molecule has 0 spiro atoms. The van der Waals surface area contributed by atoms with Gasteiger partial charge in [0, 0.05) is 28.7 Å². The monoisotopic (exact) mass is 301 g/mol. The van der Waals surface area contributed by atoms with Gasteiger partial charge in [-0.3, -0.25) is 0 Å². The number of hydrogen-bond donors (Lipinski definition) is 2. The van der Waals surface area contributed by atoms with Gasteiger partial charge in [-0.25, -0.2) is 0 Å². The van der Waals surface area contributed by atoms with Crippen molar-refractivity contribution in [2.75, 3.05) is 13.7 Å². The van der Waals surface area contributed by atoms with Gasteiger partial charge in [-0.05, 0) is 38.5 Å². The summed E-state index contributed by atoms with van der Waals surface area (Å²) in [6.07, 6.45) is 0.726. The Bertz CT molecular complexity index is 366. The summed E-state index contributed by atoms with van der Waals surface area (Å²) in [6.45, 7) is 5.06. The molecule has 0 fully saturated rings. The summed E-state index contributed by atoms with van der Waals surface area (Å²) in [6, 6.07) is 5.95. The molecule has 0 saturated heterocycles. The van der Waals surface area contributed by atoms with Crippen LogP contribution in [-0.2, 0) is 6.54 Å². The predicted octanol–water partition coefficient (Wildman–Crippen LogP) is 2.71. The molecule has 1 aromatic rings. The molecule has 1 rings (SSSR count). The lowest BCUT2D eigenvalue weighted by molar-refractivity contribution is 0.229. The fourth-order valence-electron chi connectivity index (χ4n) is 1.59. The first-order valence-electron chi connectivity index (χ1n) is 5.67. The molecule has 0 bridgehead atoms. The predicted molar refractivity (Wildman–Crippen MR) is 73.3 cm³/mol. The molecule has 3 nitrogen and oxygen atoms in total. The molecule has 96 valence electrons. The largest absolute Gasteiger partial charge is 0.496 e. The number of nitrogens with one attached hydrogen (secondary N) is 1. The molecule has 17 heavy (non-hydrogen) atoms. The second-order valence-corrected chi connectivity index (χ2v) is 5.58. The lowest BCUT2D eigenvalue weighted by Crippen LogP contribution is -2.39. The average molecular weight is 302 g/mol. The highest BCUT2D eigenvalue weighted by Gasteiger charge is 2.16. The number of halogens is 1. The minimum absolute atomic E-state index is 0.0813. The van der Waals surface area contributed by atoms with E-state index in [2.05, 4.69) is 35.1 Å². The quantitative estimate of drug-likeness (QED) is 0.849. The van der Waals surface area contributed by atoms with Crippen molar-refractivity contribution in [3.05, 3.63) is 28.2 Å². The van der Waals surface area contributed by atoms with E-state index in [-0.39, 0.29) is 12.1 Å². The molecule has 0 unspecified atom stereocenters. The Morgan fingerprint density at radius 2 is 2.12 bits per heavy atom. The topological polar surface area (TPSA) is 41.5 Å². The van der Waals surface area contributed by atoms with E-state index < -0.39 is 0 Å². The summed E-state index contributed by atoms with van der Waals surface area (Å²) in [7, 11) is 1.67. The van der Waals surface area contributed by atoms with Crippen LogP contribution in [0.3, 0.4) is 0 Å². The zero-order valence-electron chi connectivity index (χ0n) is 10.6. The van der Waals surface area contributed by atoms with Crippen LogP contribution >= 0.6 is 15.9 Å². The van der Waals surface area contributed by atoms with Gasteiger partial charge < -0.3 is 15.2 Å². The smallest absolute Gasteiger partial charge is 0.123 e. The van der Waals surface area contributed by atoms with E-state index in [4.69, 9.17) is 9.84 Å². The number of benzene rings is 1. The molecular formula is C13H20BrNO2. The molecule has 0 aliphatic heterocycles. The van der Waals surface area contributed by atoms with Gasteiger partial charge in [0.2, 0.25) is 0 Å². The highest BCUT2D eigenvalue weighted by atomic mass is 79.9. The van der Waals surface area contributed by atoms with Gasteiger partial charge in [0.05, 0.1) is 7.11 Å². The first kappa shape index (κ1) is 14.5. The summed E-state index contributed by atoms with van der Waals surface area (Å²) in [5.74, 6) is 0.875. The van der Waals surface area contributed by atoms with Crippen LogP contribution in [0.5, 0.6) is 5.75 Å². The molecule has 0 amide bonds. The molecular weight excluding hydrogens is 282 g/mol. The fourth-order valence-corrected chi connectivity index (χ4v) is 2.00. The molecule has 0 aromatic heterocycles. The highest BCUT2D eigenvalue weighted by molar-refractivity contribution is 9.10. The first-order chi connectivity index (χ1) is 7.98. The van der Waals surface area contributed by atoms with Crippen LogP contribution in [0.1, 0.15) is 25.8 Å². The molecule has 0 heterocycles. The van der Waals surface area contributed by atoms with E-state index in [9.17, 15) is 0 Å². The molecule has 4 heteroatoms. The third-order valence-corrected chi connectivity index (χ3v) is 3.23. The van der Waals surface area contributed by atoms with Crippen molar-refractivity contribution in [2.24, 2.45) is 0 Å². The molecule has 0 aliphatic carbocycles. The maximum Gasteiger partial charge on any atom is 0.123 e. The van der Waals surface area contributed by atoms with E-state index in [1.165, 1.54) is 0 Å². The standard InChI is InChI=1S/C13H20BrNO2/c1-13(2,6-7-16)15-9-10-8-11(14)4-5-12(10)17-3/h4-5,8,15-16H,6-7,9H2,1-3H3. The van der Waals surface area contributed by atoms with Gasteiger partial charge in [-0.1, -0.05) is 15.9 Å². The first-order valence-corrected chi connectivity index (χ1v) is 6.46. The maximum absolute atomic E-state index is 8.97. The minimum atomic E-state index is -0.0813. The summed E-state index contributed by atoms with van der Waals surface area (Å²) in [4.78, 5) is 0. The molecule has 0 saturated carbocycles. The van der Waals surface area contributed by atoms with Gasteiger partial charge in [0.25, 0.3) is 0 Å². The Labute approximate surface area is 111 Å². The second kappa shape index (κ2) is 6.38. The van der Waals surface area contributed by atoms with Crippen molar-refractivity contribution in [2.45, 2.75) is 32.4 Å². The lowest BCUT2D eigenvalue weighted by atomic mass is 10.0. The summed E-state index contributed by atoms with van der Waals surface area (Å²) in [5.41, 5.74) is 1.02. The van der Waals surface area contributed by atoms with Crippen LogP contribution in [0.25, 0.3) is 0 Å². The van der Waals surface area contributed by atoms with Crippen molar-refractivity contribution in [3.63, 3.8) is 0 Å². The number of aliphatic hydroxyl groups excluding tert-OH is 1. The van der Waals surface area contributed by atoms with E-state index in [1.807, 2.05) is 18.2 Å². The van der Waals surface area contributed by atoms with Gasteiger partial charge in [0.1, 0.15) is 5.75 Å². The van der Waals surface area contributed by atoms with E-state index in [1.54, 1.807) is 7.11 Å². The second-order valence-electron chi connectivity index (χ2n) is 4.67. The van der Waals surface area contributed by atoms with Gasteiger partial charge in [-0.15, -0.1) is 0 Å². The van der Waals surface area contributed by atoms with Crippen LogP contribution < -0.4 is 10.1 Å². The number of ether oxygens (including phenoxy) is 1. The Kier molecular flexibility index (Phi) is 5.43. The van der Waals surface area contributed by atoms with Crippen molar-refractivity contribution in [1.82, 2.24) is 5.32 Å². The zero-order valence-corrected chi connectivity index (χ0v) is 12.2. The molecule has 0 atom stereocenters. The average Bonchev–Trinajstić information content (AvgIpc) is 2.27. The van der Waals surface area contributed by atoms with Crippen molar-refractivity contribution in [3.8, 4) is 5.75 Å². The number of aliphatic hydroxyl groups is 1. The summed E-state index contributed by atoms with van der Waals surface area (Å²) >= 11 is 3.45. The molecule has 0 aliphatic rings. The summed E-state index contributed by atoms with van der Waals surface area (Å²) < 4.78 is 6.35. The third-order valence-electron chi connectivity index (χ3n) is 2.74. The lowest BCUT2D eigenvalue weighted by Gasteiger charge is -2.26. The van der Waals surface area contributed by atoms with Crippen LogP contribution in [-0.4, -0.2) is 24.4 Å². The van der Waals surface area contributed by atoms with Crippen LogP contribution in [0.15, 0.2) is 22.7 Å². The minimum Gasteiger partial charge on any atom is -0.496 e. The molecule has 2 N–H and O–H groups in total. The maximum atomic E-state index is 8.97. The summed E-state index contributed by atoms with van der Waals surface area (Å²) in [5, 5.41) is 12.4. The molecule has 0 radical (unpaired) electrons. The van der Waals surface area contributed by atoms with E-state index in [0.717, 1.165) is 28.8 Å². The van der Waals surface area contributed by atoms with Crippen molar-refractivity contribution in [1.29, 1.82) is 0 Å². The van der Waals surface area contributed by atoms with E-state index in [0.29, 0.717) is 0 Å². The van der Waals surface area contributed by atoms with Crippen LogP contribution in [0, 0.1) is 0 Å². The number of hydrogen-bond acceptors (Lipinski definition) is 3. The van der Waals surface area contributed by atoms with Crippen LogP contribution in [0.4, 0.5) is 0 Å². The van der Waals surface area contributed by atoms with Gasteiger partial charge in [0.15, 0.2) is 0 Å². The number of methoxy groups -OCH3 is 1.